The summed E-state index contributed by atoms with van der Waals surface area (Å²) in [4.78, 5) is 25.9. The molecule has 5 nitrogen and oxygen atoms in total. The molecule has 3 rings (SSSR count). The molecule has 0 unspecified atom stereocenters. The van der Waals surface area contributed by atoms with E-state index in [-0.39, 0.29) is 12.5 Å². The number of nitrogens with zero attached hydrogens (tertiary/aromatic N) is 1. The van der Waals surface area contributed by atoms with E-state index in [1.54, 1.807) is 11.5 Å². The van der Waals surface area contributed by atoms with Crippen LogP contribution in [0.25, 0.3) is 11.1 Å². The van der Waals surface area contributed by atoms with Crippen LogP contribution in [0.2, 0.25) is 19.6 Å². The van der Waals surface area contributed by atoms with Crippen molar-refractivity contribution in [1.29, 1.82) is 0 Å². The molecule has 0 aromatic heterocycles. The summed E-state index contributed by atoms with van der Waals surface area (Å²) in [6, 6.07) is 15.8. The monoisotopic (exact) mass is 439 g/mol. The first-order chi connectivity index (χ1) is 14.4. The highest BCUT2D eigenvalue weighted by atomic mass is 28.3. The number of carbonyl (C=O) groups excluding carboxylic acids is 2. The van der Waals surface area contributed by atoms with Crippen LogP contribution in [0.15, 0.2) is 48.5 Å². The molecule has 1 aliphatic rings. The summed E-state index contributed by atoms with van der Waals surface area (Å²) in [5, 5.41) is 0. The van der Waals surface area contributed by atoms with E-state index in [1.165, 1.54) is 11.1 Å². The molecule has 0 spiro atoms. The zero-order valence-corrected chi connectivity index (χ0v) is 20.6. The van der Waals surface area contributed by atoms with E-state index in [0.717, 1.165) is 11.1 Å². The van der Waals surface area contributed by atoms with Gasteiger partial charge in [-0.2, -0.15) is 0 Å². The fourth-order valence-electron chi connectivity index (χ4n) is 4.17. The maximum atomic E-state index is 13.2. The third-order valence-electron chi connectivity index (χ3n) is 5.39. The third kappa shape index (κ3) is 5.01. The van der Waals surface area contributed by atoms with Gasteiger partial charge in [-0.05, 0) is 49.9 Å². The average Bonchev–Trinajstić information content (AvgIpc) is 2.98. The second-order valence-corrected chi connectivity index (χ2v) is 14.9. The molecule has 1 atom stereocenters. The highest BCUT2D eigenvalue weighted by Crippen LogP contribution is 2.44. The van der Waals surface area contributed by atoms with Gasteiger partial charge < -0.3 is 14.0 Å². The predicted octanol–water partition coefficient (Wildman–Crippen LogP) is 5.80. The van der Waals surface area contributed by atoms with Crippen LogP contribution in [0.3, 0.4) is 0 Å². The molecule has 0 saturated heterocycles. The minimum Gasteiger partial charge on any atom is -0.458 e. The van der Waals surface area contributed by atoms with Gasteiger partial charge in [0.1, 0.15) is 18.2 Å². The standard InChI is InChI=1S/C25H33NO4Si/c1-17(23(27)30-25(2,3)4)26(31(5,6)7)24(28)29-16-22-20-14-10-8-12-18(20)19-13-9-11-15-21(19)22/h8-15,17,22H,16H2,1-7H3/t17-/m0/s1. The first kappa shape index (κ1) is 23.1. The normalized spacial score (nSPS) is 14.4. The van der Waals surface area contributed by atoms with Crippen LogP contribution >= 0.6 is 0 Å². The number of fused-ring (bicyclic) bond motifs is 3. The molecule has 0 aliphatic heterocycles. The topological polar surface area (TPSA) is 55.8 Å². The Labute approximate surface area is 186 Å². The maximum absolute atomic E-state index is 13.2. The number of carbonyl (C=O) groups is 2. The lowest BCUT2D eigenvalue weighted by Gasteiger charge is -2.38. The van der Waals surface area contributed by atoms with Crippen LogP contribution in [0, 0.1) is 0 Å². The lowest BCUT2D eigenvalue weighted by Crippen LogP contribution is -2.57. The van der Waals surface area contributed by atoms with Gasteiger partial charge in [-0.15, -0.1) is 0 Å². The van der Waals surface area contributed by atoms with Crippen molar-refractivity contribution in [2.45, 2.75) is 64.9 Å². The minimum atomic E-state index is -2.21. The van der Waals surface area contributed by atoms with E-state index in [2.05, 4.69) is 24.3 Å². The second kappa shape index (κ2) is 8.50. The van der Waals surface area contributed by atoms with Gasteiger partial charge in [0.15, 0.2) is 8.24 Å². The molecule has 2 aromatic rings. The summed E-state index contributed by atoms with van der Waals surface area (Å²) in [5.41, 5.74) is 4.08. The van der Waals surface area contributed by atoms with Gasteiger partial charge in [0.2, 0.25) is 0 Å². The Hall–Kier alpha value is -2.60. The van der Waals surface area contributed by atoms with Crippen molar-refractivity contribution in [2.75, 3.05) is 6.61 Å². The number of esters is 1. The van der Waals surface area contributed by atoms with Crippen LogP contribution in [-0.4, -0.2) is 43.1 Å². The lowest BCUT2D eigenvalue weighted by atomic mass is 9.98. The molecule has 31 heavy (non-hydrogen) atoms. The summed E-state index contributed by atoms with van der Waals surface area (Å²) in [6.07, 6.45) is -0.459. The number of amides is 1. The van der Waals surface area contributed by atoms with E-state index in [9.17, 15) is 9.59 Å². The molecular weight excluding hydrogens is 406 g/mol. The van der Waals surface area contributed by atoms with Gasteiger partial charge in [0, 0.05) is 5.92 Å². The average molecular weight is 440 g/mol. The summed E-state index contributed by atoms with van der Waals surface area (Å²) in [5.74, 6) is -0.430. The van der Waals surface area contributed by atoms with E-state index < -0.39 is 31.9 Å². The third-order valence-corrected chi connectivity index (χ3v) is 7.41. The summed E-state index contributed by atoms with van der Waals surface area (Å²) < 4.78 is 13.0. The Morgan fingerprint density at radius 2 is 1.45 bits per heavy atom. The molecule has 1 amide bonds. The van der Waals surface area contributed by atoms with Gasteiger partial charge in [-0.3, -0.25) is 0 Å². The van der Waals surface area contributed by atoms with Crippen molar-refractivity contribution in [3.63, 3.8) is 0 Å². The van der Waals surface area contributed by atoms with E-state index >= 15 is 0 Å². The predicted molar refractivity (Wildman–Crippen MR) is 126 cm³/mol. The molecule has 0 saturated carbocycles. The fourth-order valence-corrected chi connectivity index (χ4v) is 6.05. The Bertz CT molecular complexity index is 928. The van der Waals surface area contributed by atoms with Crippen molar-refractivity contribution >= 4 is 20.3 Å². The van der Waals surface area contributed by atoms with Crippen LogP contribution < -0.4 is 0 Å². The molecule has 2 aromatic carbocycles. The Balaban J connectivity index is 1.80. The van der Waals surface area contributed by atoms with Crippen LogP contribution in [0.1, 0.15) is 44.7 Å². The van der Waals surface area contributed by atoms with Crippen LogP contribution in [-0.2, 0) is 14.3 Å². The molecule has 6 heteroatoms. The van der Waals surface area contributed by atoms with Crippen molar-refractivity contribution in [3.8, 4) is 11.1 Å². The van der Waals surface area contributed by atoms with Gasteiger partial charge in [0.25, 0.3) is 0 Å². The number of rotatable bonds is 5. The first-order valence-corrected chi connectivity index (χ1v) is 14.2. The number of benzene rings is 2. The fraction of sp³-hybridized carbons (Fsp3) is 0.440. The zero-order valence-electron chi connectivity index (χ0n) is 19.6. The number of hydrogen-bond acceptors (Lipinski definition) is 4. The number of hydrogen-bond donors (Lipinski definition) is 0. The van der Waals surface area contributed by atoms with Crippen molar-refractivity contribution in [1.82, 2.24) is 4.57 Å². The smallest absolute Gasteiger partial charge is 0.402 e. The molecular formula is C25H33NO4Si. The lowest BCUT2D eigenvalue weighted by molar-refractivity contribution is -0.158. The van der Waals surface area contributed by atoms with Crippen molar-refractivity contribution in [2.24, 2.45) is 0 Å². The summed E-state index contributed by atoms with van der Waals surface area (Å²) in [7, 11) is -2.21. The molecule has 0 N–H and O–H groups in total. The Morgan fingerprint density at radius 1 is 0.968 bits per heavy atom. The molecule has 0 radical (unpaired) electrons. The molecule has 0 heterocycles. The number of ether oxygens (including phenoxy) is 2. The Kier molecular flexibility index (Phi) is 6.32. The van der Waals surface area contributed by atoms with Gasteiger partial charge >= 0.3 is 12.1 Å². The summed E-state index contributed by atoms with van der Waals surface area (Å²) in [6.45, 7) is 13.5. The van der Waals surface area contributed by atoms with Crippen LogP contribution in [0.5, 0.6) is 0 Å². The molecule has 0 fully saturated rings. The Morgan fingerprint density at radius 3 is 1.90 bits per heavy atom. The zero-order chi connectivity index (χ0) is 23.0. The van der Waals surface area contributed by atoms with Crippen LogP contribution in [0.4, 0.5) is 4.79 Å². The molecule has 1 aliphatic carbocycles. The molecule has 166 valence electrons. The largest absolute Gasteiger partial charge is 0.458 e. The highest BCUT2D eigenvalue weighted by molar-refractivity contribution is 6.75. The summed E-state index contributed by atoms with van der Waals surface area (Å²) >= 11 is 0. The molecule has 0 bridgehead atoms. The maximum Gasteiger partial charge on any atom is 0.402 e. The first-order valence-electron chi connectivity index (χ1n) is 10.8. The van der Waals surface area contributed by atoms with Gasteiger partial charge in [-0.25, -0.2) is 9.59 Å². The van der Waals surface area contributed by atoms with Crippen molar-refractivity contribution in [3.05, 3.63) is 59.7 Å². The SMILES string of the molecule is C[C@@H](C(=O)OC(C)(C)C)N(C(=O)OCC1c2ccccc2-c2ccccc21)[Si](C)(C)C. The highest BCUT2D eigenvalue weighted by Gasteiger charge is 2.39. The van der Waals surface area contributed by atoms with E-state index in [1.807, 2.05) is 64.7 Å². The quantitative estimate of drug-likeness (QED) is 0.436. The van der Waals surface area contributed by atoms with E-state index in [4.69, 9.17) is 9.47 Å². The van der Waals surface area contributed by atoms with Crippen molar-refractivity contribution < 1.29 is 19.1 Å². The second-order valence-electron chi connectivity index (χ2n) is 10.1. The van der Waals surface area contributed by atoms with Gasteiger partial charge in [-0.1, -0.05) is 68.2 Å². The van der Waals surface area contributed by atoms with E-state index in [0.29, 0.717) is 0 Å². The minimum absolute atomic E-state index is 0.0170. The van der Waals surface area contributed by atoms with Gasteiger partial charge in [0.05, 0.1) is 0 Å².